The molecule has 2 heterocycles. The topological polar surface area (TPSA) is 76.1 Å². The van der Waals surface area contributed by atoms with Crippen LogP contribution >= 0.6 is 0 Å². The zero-order valence-corrected chi connectivity index (χ0v) is 14.0. The van der Waals surface area contributed by atoms with E-state index in [1.807, 2.05) is 0 Å². The molecule has 0 N–H and O–H groups in total. The van der Waals surface area contributed by atoms with Gasteiger partial charge in [0.25, 0.3) is 0 Å². The van der Waals surface area contributed by atoms with Gasteiger partial charge < -0.3 is 19.3 Å². The second-order valence-corrected chi connectivity index (χ2v) is 7.14. The number of methoxy groups -OCH3 is 1. The van der Waals surface area contributed by atoms with E-state index in [4.69, 9.17) is 9.47 Å². The summed E-state index contributed by atoms with van der Waals surface area (Å²) in [7, 11) is 4.72. The summed E-state index contributed by atoms with van der Waals surface area (Å²) in [6.45, 7) is 1.73. The highest BCUT2D eigenvalue weighted by molar-refractivity contribution is 6.08. The molecule has 3 fully saturated rings. The molecule has 0 aromatic carbocycles. The van der Waals surface area contributed by atoms with Gasteiger partial charge in [0.2, 0.25) is 11.8 Å². The average molecular weight is 324 g/mol. The Balaban J connectivity index is 1.82. The molecule has 0 aromatic rings. The fourth-order valence-electron chi connectivity index (χ4n) is 4.02. The van der Waals surface area contributed by atoms with Crippen LogP contribution in [0, 0.1) is 16.7 Å². The Bertz CT molecular complexity index is 543. The second-order valence-electron chi connectivity index (χ2n) is 7.14. The van der Waals surface area contributed by atoms with Crippen LogP contribution in [-0.2, 0) is 23.9 Å². The number of hydrogen-bond acceptors (Lipinski definition) is 5. The second kappa shape index (κ2) is 5.47. The molecule has 0 radical (unpaired) electrons. The molecule has 1 saturated carbocycles. The smallest absolute Gasteiger partial charge is 0.314 e. The lowest BCUT2D eigenvalue weighted by Crippen LogP contribution is -2.47. The lowest BCUT2D eigenvalue weighted by Gasteiger charge is -2.35. The van der Waals surface area contributed by atoms with Crippen molar-refractivity contribution in [3.05, 3.63) is 0 Å². The Morgan fingerprint density at radius 3 is 2.48 bits per heavy atom. The summed E-state index contributed by atoms with van der Waals surface area (Å²) < 4.78 is 10.5. The van der Waals surface area contributed by atoms with Crippen molar-refractivity contribution in [1.29, 1.82) is 0 Å². The van der Waals surface area contributed by atoms with Crippen molar-refractivity contribution >= 4 is 17.8 Å². The van der Waals surface area contributed by atoms with E-state index in [0.717, 1.165) is 0 Å². The maximum atomic E-state index is 13.0. The molecule has 1 aliphatic carbocycles. The SMILES string of the molecule is COC(=O)[C@@]12CCOC[C@@H]1CN(C(=O)C1(C(=O)N(C)C)CC1)C2. The zero-order valence-electron chi connectivity index (χ0n) is 14.0. The monoisotopic (exact) mass is 324 g/mol. The van der Waals surface area contributed by atoms with Gasteiger partial charge in [-0.25, -0.2) is 0 Å². The van der Waals surface area contributed by atoms with E-state index in [0.29, 0.717) is 45.6 Å². The molecule has 0 spiro atoms. The van der Waals surface area contributed by atoms with Gasteiger partial charge in [-0.3, -0.25) is 14.4 Å². The zero-order chi connectivity index (χ0) is 16.8. The molecular weight excluding hydrogens is 300 g/mol. The third kappa shape index (κ3) is 2.33. The van der Waals surface area contributed by atoms with Crippen LogP contribution in [0.5, 0.6) is 0 Å². The third-order valence-corrected chi connectivity index (χ3v) is 5.56. The van der Waals surface area contributed by atoms with Gasteiger partial charge in [0.15, 0.2) is 0 Å². The fourth-order valence-corrected chi connectivity index (χ4v) is 4.02. The molecule has 2 aliphatic heterocycles. The predicted molar refractivity (Wildman–Crippen MR) is 80.3 cm³/mol. The highest BCUT2D eigenvalue weighted by Crippen LogP contribution is 2.51. The minimum Gasteiger partial charge on any atom is -0.469 e. The van der Waals surface area contributed by atoms with Crippen LogP contribution in [0.2, 0.25) is 0 Å². The number of nitrogens with zero attached hydrogens (tertiary/aromatic N) is 2. The van der Waals surface area contributed by atoms with Crippen molar-refractivity contribution < 1.29 is 23.9 Å². The van der Waals surface area contributed by atoms with Crippen molar-refractivity contribution in [2.75, 3.05) is 47.5 Å². The average Bonchev–Trinajstić information content (AvgIpc) is 3.26. The number of rotatable bonds is 3. The Morgan fingerprint density at radius 1 is 1.22 bits per heavy atom. The summed E-state index contributed by atoms with van der Waals surface area (Å²) >= 11 is 0. The molecule has 7 nitrogen and oxygen atoms in total. The minimum atomic E-state index is -0.908. The van der Waals surface area contributed by atoms with Gasteiger partial charge in [0.05, 0.1) is 19.1 Å². The van der Waals surface area contributed by atoms with Crippen molar-refractivity contribution in [2.24, 2.45) is 16.7 Å². The number of carbonyl (C=O) groups is 3. The summed E-state index contributed by atoms with van der Waals surface area (Å²) in [6.07, 6.45) is 1.74. The molecule has 0 aromatic heterocycles. The Morgan fingerprint density at radius 2 is 1.91 bits per heavy atom. The van der Waals surface area contributed by atoms with Crippen molar-refractivity contribution in [3.8, 4) is 0 Å². The van der Waals surface area contributed by atoms with Crippen LogP contribution in [0.3, 0.4) is 0 Å². The molecule has 0 bridgehead atoms. The van der Waals surface area contributed by atoms with Crippen LogP contribution in [0.1, 0.15) is 19.3 Å². The van der Waals surface area contributed by atoms with E-state index in [-0.39, 0.29) is 23.7 Å². The normalized spacial score (nSPS) is 31.3. The maximum Gasteiger partial charge on any atom is 0.314 e. The lowest BCUT2D eigenvalue weighted by molar-refractivity contribution is -0.161. The number of hydrogen-bond donors (Lipinski definition) is 0. The standard InChI is InChI=1S/C16H24N2O5/c1-17(2)12(19)15(4-5-15)13(20)18-8-11-9-23-7-6-16(11,10-18)14(21)22-3/h11H,4-10H2,1-3H3/t11-,16+/m0/s1. The van der Waals surface area contributed by atoms with E-state index >= 15 is 0 Å². The van der Waals surface area contributed by atoms with Crippen LogP contribution in [-0.4, -0.2) is 75.1 Å². The first-order valence-electron chi connectivity index (χ1n) is 8.05. The number of ether oxygens (including phenoxy) is 2. The van der Waals surface area contributed by atoms with Crippen LogP contribution < -0.4 is 0 Å². The maximum absolute atomic E-state index is 13.0. The number of amides is 2. The highest BCUT2D eigenvalue weighted by atomic mass is 16.5. The van der Waals surface area contributed by atoms with Gasteiger partial charge >= 0.3 is 5.97 Å². The van der Waals surface area contributed by atoms with Gasteiger partial charge in [0, 0.05) is 39.7 Å². The van der Waals surface area contributed by atoms with Gasteiger partial charge in [0.1, 0.15) is 5.41 Å². The van der Waals surface area contributed by atoms with Crippen molar-refractivity contribution in [2.45, 2.75) is 19.3 Å². The third-order valence-electron chi connectivity index (χ3n) is 5.56. The van der Waals surface area contributed by atoms with Crippen LogP contribution in [0.15, 0.2) is 0 Å². The van der Waals surface area contributed by atoms with Gasteiger partial charge in [-0.2, -0.15) is 0 Å². The van der Waals surface area contributed by atoms with E-state index in [1.165, 1.54) is 12.0 Å². The quantitative estimate of drug-likeness (QED) is 0.535. The Hall–Kier alpha value is -1.63. The number of esters is 1. The van der Waals surface area contributed by atoms with E-state index < -0.39 is 10.8 Å². The van der Waals surface area contributed by atoms with E-state index in [2.05, 4.69) is 0 Å². The van der Waals surface area contributed by atoms with E-state index in [1.54, 1.807) is 19.0 Å². The molecule has 7 heteroatoms. The minimum absolute atomic E-state index is 0.0575. The summed E-state index contributed by atoms with van der Waals surface area (Å²) in [5.74, 6) is -0.614. The molecule has 2 amide bonds. The van der Waals surface area contributed by atoms with Crippen LogP contribution in [0.25, 0.3) is 0 Å². The first kappa shape index (κ1) is 16.2. The first-order chi connectivity index (χ1) is 10.9. The summed E-state index contributed by atoms with van der Waals surface area (Å²) in [5, 5.41) is 0. The molecule has 3 aliphatic rings. The number of carbonyl (C=O) groups excluding carboxylic acids is 3. The highest BCUT2D eigenvalue weighted by Gasteiger charge is 2.63. The summed E-state index contributed by atoms with van der Waals surface area (Å²) in [4.78, 5) is 40.8. The van der Waals surface area contributed by atoms with Gasteiger partial charge in [-0.1, -0.05) is 0 Å². The molecule has 3 rings (SSSR count). The Labute approximate surface area is 135 Å². The van der Waals surface area contributed by atoms with Crippen molar-refractivity contribution in [3.63, 3.8) is 0 Å². The number of fused-ring (bicyclic) bond motifs is 1. The summed E-state index contributed by atoms with van der Waals surface area (Å²) in [6, 6.07) is 0. The largest absolute Gasteiger partial charge is 0.469 e. The van der Waals surface area contributed by atoms with Crippen LogP contribution in [0.4, 0.5) is 0 Å². The first-order valence-corrected chi connectivity index (χ1v) is 8.05. The van der Waals surface area contributed by atoms with E-state index in [9.17, 15) is 14.4 Å². The van der Waals surface area contributed by atoms with Gasteiger partial charge in [-0.15, -0.1) is 0 Å². The van der Waals surface area contributed by atoms with Gasteiger partial charge in [-0.05, 0) is 19.3 Å². The fraction of sp³-hybridized carbons (Fsp3) is 0.812. The molecule has 23 heavy (non-hydrogen) atoms. The molecule has 2 saturated heterocycles. The van der Waals surface area contributed by atoms with Crippen molar-refractivity contribution in [1.82, 2.24) is 9.80 Å². The predicted octanol–water partition coefficient (Wildman–Crippen LogP) is -0.107. The molecule has 0 unspecified atom stereocenters. The summed E-state index contributed by atoms with van der Waals surface area (Å²) in [5.41, 5.74) is -1.59. The molecule has 128 valence electrons. The Kier molecular flexibility index (Phi) is 3.86. The molecule has 2 atom stereocenters. The number of likely N-dealkylation sites (tertiary alicyclic amines) is 1. The molecular formula is C16H24N2O5. The lowest BCUT2D eigenvalue weighted by atomic mass is 9.74.